The van der Waals surface area contributed by atoms with E-state index < -0.39 is 0 Å². The first kappa shape index (κ1) is 18.9. The number of amides is 2. The summed E-state index contributed by atoms with van der Waals surface area (Å²) < 4.78 is 18.3. The van der Waals surface area contributed by atoms with Crippen LogP contribution in [0.1, 0.15) is 31.8 Å². The second-order valence-corrected chi connectivity index (χ2v) is 6.73. The molecule has 1 fully saturated rings. The Balaban J connectivity index is 1.67. The van der Waals surface area contributed by atoms with E-state index in [1.54, 1.807) is 16.9 Å². The zero-order valence-electron chi connectivity index (χ0n) is 15.8. The largest absolute Gasteiger partial charge is 0.496 e. The molecular weight excluding hydrogens is 347 g/mol. The topological polar surface area (TPSA) is 49.9 Å². The lowest BCUT2D eigenvalue weighted by atomic mass is 10.0. The molecule has 0 bridgehead atoms. The molecule has 0 atom stereocenters. The highest BCUT2D eigenvalue weighted by molar-refractivity contribution is 5.97. The van der Waals surface area contributed by atoms with Gasteiger partial charge >= 0.3 is 0 Å². The van der Waals surface area contributed by atoms with Crippen LogP contribution in [-0.2, 0) is 0 Å². The lowest BCUT2D eigenvalue weighted by Crippen LogP contribution is -2.50. The smallest absolute Gasteiger partial charge is 0.254 e. The summed E-state index contributed by atoms with van der Waals surface area (Å²) in [6, 6.07) is 9.25. The summed E-state index contributed by atoms with van der Waals surface area (Å²) in [7, 11) is 1.61. The molecule has 6 heteroatoms. The fourth-order valence-electron chi connectivity index (χ4n) is 3.30. The monoisotopic (exact) mass is 370 g/mol. The van der Waals surface area contributed by atoms with Gasteiger partial charge in [-0.2, -0.15) is 0 Å². The van der Waals surface area contributed by atoms with E-state index in [0.29, 0.717) is 37.3 Å². The Morgan fingerprint density at radius 3 is 2.00 bits per heavy atom. The highest BCUT2D eigenvalue weighted by Crippen LogP contribution is 2.24. The van der Waals surface area contributed by atoms with Crippen molar-refractivity contribution in [3.8, 4) is 5.75 Å². The van der Waals surface area contributed by atoms with Crippen molar-refractivity contribution in [3.63, 3.8) is 0 Å². The normalized spacial score (nSPS) is 14.2. The van der Waals surface area contributed by atoms with Crippen molar-refractivity contribution in [1.82, 2.24) is 9.80 Å². The van der Waals surface area contributed by atoms with Gasteiger partial charge in [-0.15, -0.1) is 0 Å². The summed E-state index contributed by atoms with van der Waals surface area (Å²) in [4.78, 5) is 28.9. The lowest BCUT2D eigenvalue weighted by Gasteiger charge is -2.35. The number of nitrogens with zero attached hydrogens (tertiary/aromatic N) is 2. The number of halogens is 1. The minimum absolute atomic E-state index is 0.0351. The Kier molecular flexibility index (Phi) is 5.44. The third-order valence-electron chi connectivity index (χ3n) is 4.92. The Labute approximate surface area is 158 Å². The van der Waals surface area contributed by atoms with E-state index >= 15 is 0 Å². The number of hydrogen-bond acceptors (Lipinski definition) is 3. The minimum Gasteiger partial charge on any atom is -0.496 e. The van der Waals surface area contributed by atoms with Crippen LogP contribution in [0.5, 0.6) is 5.75 Å². The maximum absolute atomic E-state index is 13.0. The summed E-state index contributed by atoms with van der Waals surface area (Å²) in [5.74, 6) is 0.219. The van der Waals surface area contributed by atoms with E-state index in [0.717, 1.165) is 16.9 Å². The van der Waals surface area contributed by atoms with Crippen molar-refractivity contribution in [2.45, 2.75) is 13.8 Å². The summed E-state index contributed by atoms with van der Waals surface area (Å²) >= 11 is 0. The first-order valence-corrected chi connectivity index (χ1v) is 8.90. The number of methoxy groups -OCH3 is 1. The molecule has 5 nitrogen and oxygen atoms in total. The summed E-state index contributed by atoms with van der Waals surface area (Å²) in [5, 5.41) is 0. The number of benzene rings is 2. The van der Waals surface area contributed by atoms with Crippen LogP contribution in [0.25, 0.3) is 0 Å². The van der Waals surface area contributed by atoms with Crippen LogP contribution in [0.2, 0.25) is 0 Å². The summed E-state index contributed by atoms with van der Waals surface area (Å²) in [6.45, 7) is 5.65. The highest BCUT2D eigenvalue weighted by Gasteiger charge is 2.26. The molecule has 0 spiro atoms. The molecule has 0 saturated carbocycles. The van der Waals surface area contributed by atoms with E-state index in [1.165, 1.54) is 24.3 Å². The number of rotatable bonds is 3. The van der Waals surface area contributed by atoms with E-state index in [4.69, 9.17) is 4.74 Å². The number of carbonyl (C=O) groups is 2. The first-order chi connectivity index (χ1) is 12.9. The number of piperazine rings is 1. The Morgan fingerprint density at radius 2 is 1.44 bits per heavy atom. The molecule has 1 aliphatic rings. The van der Waals surface area contributed by atoms with Gasteiger partial charge in [0.05, 0.1) is 7.11 Å². The van der Waals surface area contributed by atoms with Gasteiger partial charge in [-0.3, -0.25) is 9.59 Å². The van der Waals surface area contributed by atoms with Gasteiger partial charge < -0.3 is 14.5 Å². The molecule has 1 aliphatic heterocycles. The van der Waals surface area contributed by atoms with Crippen LogP contribution in [0, 0.1) is 19.7 Å². The fourth-order valence-corrected chi connectivity index (χ4v) is 3.30. The van der Waals surface area contributed by atoms with Gasteiger partial charge in [0.25, 0.3) is 11.8 Å². The molecule has 27 heavy (non-hydrogen) atoms. The molecule has 2 aromatic rings. The minimum atomic E-state index is -0.368. The fraction of sp³-hybridized carbons (Fsp3) is 0.333. The molecule has 1 heterocycles. The maximum Gasteiger partial charge on any atom is 0.254 e. The second-order valence-electron chi connectivity index (χ2n) is 6.73. The SMILES string of the molecule is COc1cc(C)c(C(=O)N2CCN(C(=O)c3ccc(F)cc3)CC2)cc1C. The molecule has 1 saturated heterocycles. The molecule has 142 valence electrons. The molecule has 2 aromatic carbocycles. The van der Waals surface area contributed by atoms with Gasteiger partial charge in [-0.05, 0) is 61.4 Å². The molecule has 2 amide bonds. The number of ether oxygens (including phenoxy) is 1. The van der Waals surface area contributed by atoms with Gasteiger partial charge in [0.15, 0.2) is 0 Å². The van der Waals surface area contributed by atoms with Crippen LogP contribution in [0.15, 0.2) is 36.4 Å². The highest BCUT2D eigenvalue weighted by atomic mass is 19.1. The van der Waals surface area contributed by atoms with Crippen LogP contribution in [0.3, 0.4) is 0 Å². The zero-order chi connectivity index (χ0) is 19.6. The number of carbonyl (C=O) groups excluding carboxylic acids is 2. The van der Waals surface area contributed by atoms with Gasteiger partial charge in [-0.1, -0.05) is 0 Å². The molecule has 0 unspecified atom stereocenters. The number of aryl methyl sites for hydroxylation is 2. The predicted octanol–water partition coefficient (Wildman–Crippen LogP) is 3.05. The van der Waals surface area contributed by atoms with Gasteiger partial charge in [0, 0.05) is 37.3 Å². The van der Waals surface area contributed by atoms with E-state index in [-0.39, 0.29) is 17.6 Å². The van der Waals surface area contributed by atoms with Crippen LogP contribution < -0.4 is 4.74 Å². The Bertz CT molecular complexity index is 856. The summed E-state index contributed by atoms with van der Waals surface area (Å²) in [5.41, 5.74) is 2.90. The van der Waals surface area contributed by atoms with Gasteiger partial charge in [0.1, 0.15) is 11.6 Å². The quantitative estimate of drug-likeness (QED) is 0.834. The first-order valence-electron chi connectivity index (χ1n) is 8.90. The second kappa shape index (κ2) is 7.78. The van der Waals surface area contributed by atoms with Crippen LogP contribution in [0.4, 0.5) is 4.39 Å². The van der Waals surface area contributed by atoms with E-state index in [9.17, 15) is 14.0 Å². The standard InChI is InChI=1S/C21H23FN2O3/c1-14-13-19(27-3)15(2)12-18(14)21(26)24-10-8-23(9-11-24)20(25)16-4-6-17(22)7-5-16/h4-7,12-13H,8-11H2,1-3H3. The van der Waals surface area contributed by atoms with Crippen LogP contribution in [-0.4, -0.2) is 54.9 Å². The molecular formula is C21H23FN2O3. The average Bonchev–Trinajstić information content (AvgIpc) is 2.69. The van der Waals surface area contributed by atoms with Crippen molar-refractivity contribution in [1.29, 1.82) is 0 Å². The van der Waals surface area contributed by atoms with Crippen molar-refractivity contribution in [2.24, 2.45) is 0 Å². The van der Waals surface area contributed by atoms with Crippen molar-refractivity contribution < 1.29 is 18.7 Å². The maximum atomic E-state index is 13.0. The molecule has 0 aliphatic carbocycles. The Hall–Kier alpha value is -2.89. The molecule has 0 N–H and O–H groups in total. The molecule has 3 rings (SSSR count). The van der Waals surface area contributed by atoms with Gasteiger partial charge in [-0.25, -0.2) is 4.39 Å². The number of hydrogen-bond donors (Lipinski definition) is 0. The average molecular weight is 370 g/mol. The van der Waals surface area contributed by atoms with Crippen LogP contribution >= 0.6 is 0 Å². The van der Waals surface area contributed by atoms with Crippen molar-refractivity contribution >= 4 is 11.8 Å². The lowest BCUT2D eigenvalue weighted by molar-refractivity contribution is 0.0535. The molecule has 0 radical (unpaired) electrons. The Morgan fingerprint density at radius 1 is 0.889 bits per heavy atom. The summed E-state index contributed by atoms with van der Waals surface area (Å²) in [6.07, 6.45) is 0. The van der Waals surface area contributed by atoms with E-state index in [2.05, 4.69) is 0 Å². The third kappa shape index (κ3) is 3.94. The third-order valence-corrected chi connectivity index (χ3v) is 4.92. The molecule has 0 aromatic heterocycles. The van der Waals surface area contributed by atoms with Crippen molar-refractivity contribution in [2.75, 3.05) is 33.3 Å². The predicted molar refractivity (Wildman–Crippen MR) is 101 cm³/mol. The van der Waals surface area contributed by atoms with Crippen molar-refractivity contribution in [3.05, 3.63) is 64.5 Å². The zero-order valence-corrected chi connectivity index (χ0v) is 15.8. The van der Waals surface area contributed by atoms with E-state index in [1.807, 2.05) is 26.0 Å². The van der Waals surface area contributed by atoms with Gasteiger partial charge in [0.2, 0.25) is 0 Å².